The van der Waals surface area contributed by atoms with Crippen LogP contribution in [-0.2, 0) is 4.79 Å². The number of carbonyl (C=O) groups excluding carboxylic acids is 1. The van der Waals surface area contributed by atoms with E-state index < -0.39 is 5.01 Å². The van der Waals surface area contributed by atoms with E-state index in [1.54, 1.807) is 4.90 Å². The Kier molecular flexibility index (Phi) is 5.62. The molecule has 0 radical (unpaired) electrons. The minimum Gasteiger partial charge on any atom is -0.373 e. The first-order valence-corrected chi connectivity index (χ1v) is 8.21. The number of hydrogen-bond donors (Lipinski definition) is 1. The molecule has 22 heavy (non-hydrogen) atoms. The number of nitrogens with zero attached hydrogens (tertiary/aromatic N) is 1. The van der Waals surface area contributed by atoms with Gasteiger partial charge in [0.1, 0.15) is 0 Å². The van der Waals surface area contributed by atoms with Gasteiger partial charge < -0.3 is 10.0 Å². The number of aliphatic hydroxyl groups excluding tert-OH is 1. The zero-order valence-corrected chi connectivity index (χ0v) is 14.7. The predicted octanol–water partition coefficient (Wildman–Crippen LogP) is 4.46. The van der Waals surface area contributed by atoms with Gasteiger partial charge in [0.15, 0.2) is 5.01 Å². The summed E-state index contributed by atoms with van der Waals surface area (Å²) >= 11 is 9.11. The highest BCUT2D eigenvalue weighted by atomic mass is 79.9. The number of alkyl halides is 1. The van der Waals surface area contributed by atoms with E-state index in [0.717, 1.165) is 16.8 Å². The van der Waals surface area contributed by atoms with Crippen LogP contribution >= 0.6 is 27.5 Å². The largest absolute Gasteiger partial charge is 0.373 e. The van der Waals surface area contributed by atoms with Gasteiger partial charge >= 0.3 is 0 Å². The second kappa shape index (κ2) is 7.27. The third kappa shape index (κ3) is 3.69. The van der Waals surface area contributed by atoms with Crippen LogP contribution in [-0.4, -0.2) is 22.1 Å². The number of halogens is 2. The smallest absolute Gasteiger partial charge is 0.267 e. The van der Waals surface area contributed by atoms with E-state index in [2.05, 4.69) is 15.9 Å². The van der Waals surface area contributed by atoms with Crippen molar-refractivity contribution in [2.24, 2.45) is 0 Å². The molecule has 2 rings (SSSR count). The highest BCUT2D eigenvalue weighted by Gasteiger charge is 2.23. The standard InChI is InChI=1S/C17H17BrClNO2/c1-11(2)20(17(22)16(18)21)13-9-7-12(8-10-13)14-5-3-4-6-15(14)19/h3-11,16,21H,1-2H3. The Labute approximate surface area is 143 Å². The molecule has 0 spiro atoms. The maximum atomic E-state index is 12.1. The molecule has 1 atom stereocenters. The molecule has 0 aromatic heterocycles. The van der Waals surface area contributed by atoms with Gasteiger partial charge in [0, 0.05) is 22.3 Å². The Balaban J connectivity index is 2.35. The fraction of sp³-hybridized carbons (Fsp3) is 0.235. The van der Waals surface area contributed by atoms with E-state index in [1.807, 2.05) is 62.4 Å². The van der Waals surface area contributed by atoms with Crippen LogP contribution in [0.2, 0.25) is 5.02 Å². The van der Waals surface area contributed by atoms with Crippen LogP contribution in [0.15, 0.2) is 48.5 Å². The maximum Gasteiger partial charge on any atom is 0.267 e. The van der Waals surface area contributed by atoms with E-state index in [9.17, 15) is 9.90 Å². The summed E-state index contributed by atoms with van der Waals surface area (Å²) in [6.45, 7) is 3.80. The predicted molar refractivity (Wildman–Crippen MR) is 94.4 cm³/mol. The lowest BCUT2D eigenvalue weighted by Crippen LogP contribution is -2.41. The van der Waals surface area contributed by atoms with Crippen LogP contribution < -0.4 is 4.90 Å². The summed E-state index contributed by atoms with van der Waals surface area (Å²) < 4.78 is 0. The third-order valence-electron chi connectivity index (χ3n) is 3.29. The average Bonchev–Trinajstić information content (AvgIpc) is 2.48. The molecule has 0 saturated carbocycles. The molecule has 0 heterocycles. The Morgan fingerprint density at radius 2 is 1.73 bits per heavy atom. The summed E-state index contributed by atoms with van der Waals surface area (Å²) in [6.07, 6.45) is 0. The zero-order chi connectivity index (χ0) is 16.3. The van der Waals surface area contributed by atoms with Crippen molar-refractivity contribution in [3.05, 3.63) is 53.6 Å². The van der Waals surface area contributed by atoms with Crippen molar-refractivity contribution in [1.82, 2.24) is 0 Å². The summed E-state index contributed by atoms with van der Waals surface area (Å²) in [5.74, 6) is -0.388. The minimum atomic E-state index is -1.21. The van der Waals surface area contributed by atoms with Gasteiger partial charge in [0.25, 0.3) is 5.91 Å². The first kappa shape index (κ1) is 17.0. The maximum absolute atomic E-state index is 12.1. The number of anilines is 1. The first-order chi connectivity index (χ1) is 10.4. The Bertz CT molecular complexity index is 656. The summed E-state index contributed by atoms with van der Waals surface area (Å²) in [5.41, 5.74) is 2.65. The van der Waals surface area contributed by atoms with Crippen molar-refractivity contribution < 1.29 is 9.90 Å². The van der Waals surface area contributed by atoms with E-state index in [1.165, 1.54) is 0 Å². The Morgan fingerprint density at radius 1 is 1.14 bits per heavy atom. The van der Waals surface area contributed by atoms with Crippen LogP contribution in [0.3, 0.4) is 0 Å². The van der Waals surface area contributed by atoms with Gasteiger partial charge in [-0.1, -0.05) is 41.9 Å². The van der Waals surface area contributed by atoms with Gasteiger partial charge in [-0.25, -0.2) is 0 Å². The fourth-order valence-electron chi connectivity index (χ4n) is 2.29. The minimum absolute atomic E-state index is 0.0640. The molecule has 3 nitrogen and oxygen atoms in total. The van der Waals surface area contributed by atoms with Crippen molar-refractivity contribution in [2.45, 2.75) is 24.9 Å². The average molecular weight is 383 g/mol. The molecule has 1 N–H and O–H groups in total. The lowest BCUT2D eigenvalue weighted by atomic mass is 10.0. The molecule has 5 heteroatoms. The summed E-state index contributed by atoms with van der Waals surface area (Å²) in [6, 6.07) is 15.1. The lowest BCUT2D eigenvalue weighted by molar-refractivity contribution is -0.122. The number of hydrogen-bond acceptors (Lipinski definition) is 2. The monoisotopic (exact) mass is 381 g/mol. The summed E-state index contributed by atoms with van der Waals surface area (Å²) in [7, 11) is 0. The zero-order valence-electron chi connectivity index (χ0n) is 12.3. The highest BCUT2D eigenvalue weighted by molar-refractivity contribution is 9.09. The molecule has 1 amide bonds. The number of amides is 1. The number of benzene rings is 2. The fourth-order valence-corrected chi connectivity index (χ4v) is 2.76. The van der Waals surface area contributed by atoms with Crippen molar-refractivity contribution in [3.63, 3.8) is 0 Å². The molecular weight excluding hydrogens is 366 g/mol. The molecule has 0 aliphatic rings. The molecule has 2 aromatic rings. The number of rotatable bonds is 4. The number of aliphatic hydroxyl groups is 1. The van der Waals surface area contributed by atoms with Crippen molar-refractivity contribution >= 4 is 39.1 Å². The van der Waals surface area contributed by atoms with E-state index in [0.29, 0.717) is 5.02 Å². The second-order valence-corrected chi connectivity index (χ2v) is 6.44. The molecule has 0 aliphatic heterocycles. The van der Waals surface area contributed by atoms with Crippen LogP contribution in [0.5, 0.6) is 0 Å². The molecule has 1 unspecified atom stereocenters. The molecule has 0 aliphatic carbocycles. The van der Waals surface area contributed by atoms with Crippen LogP contribution in [0.25, 0.3) is 11.1 Å². The first-order valence-electron chi connectivity index (χ1n) is 6.92. The van der Waals surface area contributed by atoms with E-state index >= 15 is 0 Å². The Hall–Kier alpha value is -1.36. The lowest BCUT2D eigenvalue weighted by Gasteiger charge is -2.27. The molecule has 2 aromatic carbocycles. The Morgan fingerprint density at radius 3 is 2.23 bits per heavy atom. The van der Waals surface area contributed by atoms with Gasteiger partial charge in [0.05, 0.1) is 0 Å². The second-order valence-electron chi connectivity index (χ2n) is 5.16. The number of carbonyl (C=O) groups is 1. The van der Waals surface area contributed by atoms with Gasteiger partial charge in [-0.3, -0.25) is 4.79 Å². The van der Waals surface area contributed by atoms with Crippen LogP contribution in [0, 0.1) is 0 Å². The quantitative estimate of drug-likeness (QED) is 0.793. The molecule has 0 fully saturated rings. The normalized spacial score (nSPS) is 12.3. The van der Waals surface area contributed by atoms with Crippen molar-refractivity contribution in [2.75, 3.05) is 4.90 Å². The topological polar surface area (TPSA) is 40.5 Å². The highest BCUT2D eigenvalue weighted by Crippen LogP contribution is 2.29. The third-order valence-corrected chi connectivity index (χ3v) is 4.01. The van der Waals surface area contributed by atoms with E-state index in [-0.39, 0.29) is 11.9 Å². The van der Waals surface area contributed by atoms with Gasteiger partial charge in [-0.05, 0) is 53.5 Å². The van der Waals surface area contributed by atoms with Crippen molar-refractivity contribution in [1.29, 1.82) is 0 Å². The summed E-state index contributed by atoms with van der Waals surface area (Å²) in [5, 5.41) is 8.95. The SMILES string of the molecule is CC(C)N(C(=O)C(O)Br)c1ccc(-c2ccccc2Cl)cc1. The molecular formula is C17H17BrClNO2. The van der Waals surface area contributed by atoms with E-state index in [4.69, 9.17) is 11.6 Å². The molecule has 116 valence electrons. The van der Waals surface area contributed by atoms with Gasteiger partial charge in [0.2, 0.25) is 0 Å². The van der Waals surface area contributed by atoms with Crippen LogP contribution in [0.1, 0.15) is 13.8 Å². The molecule has 0 saturated heterocycles. The van der Waals surface area contributed by atoms with Crippen molar-refractivity contribution in [3.8, 4) is 11.1 Å². The van der Waals surface area contributed by atoms with Gasteiger partial charge in [-0.15, -0.1) is 0 Å². The van der Waals surface area contributed by atoms with Gasteiger partial charge in [-0.2, -0.15) is 0 Å². The van der Waals surface area contributed by atoms with Crippen LogP contribution in [0.4, 0.5) is 5.69 Å². The summed E-state index contributed by atoms with van der Waals surface area (Å²) in [4.78, 5) is 13.7. The molecule has 0 bridgehead atoms.